The van der Waals surface area contributed by atoms with Gasteiger partial charge in [-0.1, -0.05) is 6.08 Å². The Morgan fingerprint density at radius 2 is 2.31 bits per heavy atom. The van der Waals surface area contributed by atoms with E-state index in [4.69, 9.17) is 5.73 Å². The fraction of sp³-hybridized carbons (Fsp3) is 0.200. The Morgan fingerprint density at radius 3 is 3.15 bits per heavy atom. The molecule has 0 bridgehead atoms. The molecular formula is C10H11N3. The quantitative estimate of drug-likeness (QED) is 0.587. The van der Waals surface area contributed by atoms with Gasteiger partial charge in [0, 0.05) is 17.6 Å². The lowest BCUT2D eigenvalue weighted by Crippen LogP contribution is -2.35. The Morgan fingerprint density at radius 1 is 1.46 bits per heavy atom. The van der Waals surface area contributed by atoms with Gasteiger partial charge in [-0.3, -0.25) is 9.98 Å². The second-order valence-corrected chi connectivity index (χ2v) is 3.39. The largest absolute Gasteiger partial charge is 0.319 e. The summed E-state index contributed by atoms with van der Waals surface area (Å²) in [5, 5.41) is 1.90. The lowest BCUT2D eigenvalue weighted by molar-refractivity contribution is 0.777. The molecule has 0 saturated carbocycles. The smallest absolute Gasteiger partial charge is 0.0882 e. The van der Waals surface area contributed by atoms with Gasteiger partial charge in [-0.05, 0) is 19.1 Å². The molecule has 3 nitrogen and oxygen atoms in total. The van der Waals surface area contributed by atoms with Crippen molar-refractivity contribution in [1.29, 1.82) is 0 Å². The van der Waals surface area contributed by atoms with Crippen LogP contribution >= 0.6 is 0 Å². The van der Waals surface area contributed by atoms with Crippen LogP contribution in [0.2, 0.25) is 0 Å². The third-order valence-corrected chi connectivity index (χ3v) is 1.95. The van der Waals surface area contributed by atoms with Gasteiger partial charge in [-0.15, -0.1) is 0 Å². The van der Waals surface area contributed by atoms with Gasteiger partial charge in [0.25, 0.3) is 0 Å². The van der Waals surface area contributed by atoms with E-state index in [0.717, 1.165) is 10.6 Å². The van der Waals surface area contributed by atoms with E-state index >= 15 is 0 Å². The Labute approximate surface area is 76.3 Å². The average Bonchev–Trinajstić information content (AvgIpc) is 2.21. The van der Waals surface area contributed by atoms with Crippen LogP contribution in [0.3, 0.4) is 0 Å². The predicted octanol–water partition coefficient (Wildman–Crippen LogP) is -0.274. The Bertz CT molecular complexity index is 457. The molecule has 1 atom stereocenters. The zero-order valence-corrected chi connectivity index (χ0v) is 7.44. The summed E-state index contributed by atoms with van der Waals surface area (Å²) in [6.07, 6.45) is 9.05. The molecule has 2 heterocycles. The summed E-state index contributed by atoms with van der Waals surface area (Å²) in [4.78, 5) is 8.23. The molecule has 0 spiro atoms. The molecule has 1 unspecified atom stereocenters. The molecule has 1 aromatic heterocycles. The van der Waals surface area contributed by atoms with E-state index in [-0.39, 0.29) is 0 Å². The maximum Gasteiger partial charge on any atom is 0.0882 e. The number of fused-ring (bicyclic) bond motifs is 1. The lowest BCUT2D eigenvalue weighted by Gasteiger charge is -2.12. The van der Waals surface area contributed by atoms with E-state index in [9.17, 15) is 0 Å². The van der Waals surface area contributed by atoms with Crippen LogP contribution < -0.4 is 16.3 Å². The first-order valence-electron chi connectivity index (χ1n) is 4.15. The van der Waals surface area contributed by atoms with Crippen LogP contribution in [-0.2, 0) is 0 Å². The number of hydrogen-bond acceptors (Lipinski definition) is 3. The molecule has 0 fully saturated rings. The van der Waals surface area contributed by atoms with Gasteiger partial charge in [-0.25, -0.2) is 0 Å². The van der Waals surface area contributed by atoms with E-state index in [2.05, 4.69) is 9.98 Å². The van der Waals surface area contributed by atoms with Crippen molar-refractivity contribution in [3.05, 3.63) is 41.3 Å². The van der Waals surface area contributed by atoms with E-state index in [0.29, 0.717) is 0 Å². The van der Waals surface area contributed by atoms with Crippen molar-refractivity contribution in [2.45, 2.75) is 12.5 Å². The van der Waals surface area contributed by atoms with Crippen LogP contribution in [0, 0.1) is 0 Å². The van der Waals surface area contributed by atoms with E-state index in [1.54, 1.807) is 18.6 Å². The summed E-state index contributed by atoms with van der Waals surface area (Å²) < 4.78 is 0. The van der Waals surface area contributed by atoms with Gasteiger partial charge >= 0.3 is 0 Å². The highest BCUT2D eigenvalue weighted by atomic mass is 14.8. The summed E-state index contributed by atoms with van der Waals surface area (Å²) in [7, 11) is 0. The number of hydrogen-bond donors (Lipinski definition) is 1. The summed E-state index contributed by atoms with van der Waals surface area (Å²) in [5.41, 5.74) is 5.55. The molecule has 0 saturated heterocycles. The maximum absolute atomic E-state index is 5.97. The Kier molecular flexibility index (Phi) is 1.74. The first-order valence-corrected chi connectivity index (χ1v) is 4.15. The number of aromatic nitrogens is 1. The van der Waals surface area contributed by atoms with Crippen molar-refractivity contribution in [1.82, 2.24) is 4.98 Å². The molecule has 66 valence electrons. The SMILES string of the molecule is CC1(N)C=CN=c2cnccc2=C1. The number of nitrogens with two attached hydrogens (primary N) is 1. The van der Waals surface area contributed by atoms with Crippen LogP contribution in [-0.4, -0.2) is 10.5 Å². The molecule has 0 amide bonds. The highest BCUT2D eigenvalue weighted by Crippen LogP contribution is 2.03. The van der Waals surface area contributed by atoms with Crippen molar-refractivity contribution in [2.75, 3.05) is 0 Å². The van der Waals surface area contributed by atoms with Gasteiger partial charge in [0.15, 0.2) is 0 Å². The Hall–Kier alpha value is -1.48. The third-order valence-electron chi connectivity index (χ3n) is 1.95. The predicted molar refractivity (Wildman–Crippen MR) is 51.2 cm³/mol. The zero-order chi connectivity index (χ0) is 9.31. The molecule has 1 aliphatic heterocycles. The minimum absolute atomic E-state index is 0.421. The summed E-state index contributed by atoms with van der Waals surface area (Å²) in [6, 6.07) is 1.91. The third kappa shape index (κ3) is 1.65. The summed E-state index contributed by atoms with van der Waals surface area (Å²) in [5.74, 6) is 0. The molecule has 2 rings (SSSR count). The molecule has 3 heteroatoms. The molecule has 1 aliphatic rings. The molecule has 0 radical (unpaired) electrons. The van der Waals surface area contributed by atoms with E-state index < -0.39 is 5.54 Å². The first kappa shape index (κ1) is 8.13. The minimum Gasteiger partial charge on any atom is -0.319 e. The fourth-order valence-corrected chi connectivity index (χ4v) is 1.29. The monoisotopic (exact) mass is 173 g/mol. The van der Waals surface area contributed by atoms with Crippen molar-refractivity contribution in [2.24, 2.45) is 10.7 Å². The topological polar surface area (TPSA) is 51.3 Å². The highest BCUT2D eigenvalue weighted by molar-refractivity contribution is 5.41. The van der Waals surface area contributed by atoms with Gasteiger partial charge in [0.1, 0.15) is 0 Å². The normalized spacial score (nSPS) is 25.4. The highest BCUT2D eigenvalue weighted by Gasteiger charge is 2.10. The lowest BCUT2D eigenvalue weighted by atomic mass is 10.0. The van der Waals surface area contributed by atoms with Gasteiger partial charge < -0.3 is 5.73 Å². The van der Waals surface area contributed by atoms with Crippen LogP contribution in [0.5, 0.6) is 0 Å². The van der Waals surface area contributed by atoms with Crippen LogP contribution in [0.15, 0.2) is 35.7 Å². The molecule has 0 aromatic carbocycles. The van der Waals surface area contributed by atoms with Gasteiger partial charge in [-0.2, -0.15) is 0 Å². The van der Waals surface area contributed by atoms with E-state index in [1.807, 2.05) is 25.1 Å². The molecule has 1 aromatic rings. The van der Waals surface area contributed by atoms with Crippen LogP contribution in [0.1, 0.15) is 6.92 Å². The van der Waals surface area contributed by atoms with Crippen LogP contribution in [0.25, 0.3) is 6.08 Å². The summed E-state index contributed by atoms with van der Waals surface area (Å²) in [6.45, 7) is 1.94. The van der Waals surface area contributed by atoms with Crippen molar-refractivity contribution >= 4 is 6.08 Å². The first-order chi connectivity index (χ1) is 6.17. The average molecular weight is 173 g/mol. The van der Waals surface area contributed by atoms with Crippen molar-refractivity contribution in [3.8, 4) is 0 Å². The maximum atomic E-state index is 5.97. The van der Waals surface area contributed by atoms with E-state index in [1.165, 1.54) is 0 Å². The minimum atomic E-state index is -0.421. The molecule has 2 N–H and O–H groups in total. The second-order valence-electron chi connectivity index (χ2n) is 3.39. The number of pyridine rings is 1. The Balaban J connectivity index is 2.77. The number of rotatable bonds is 0. The zero-order valence-electron chi connectivity index (χ0n) is 7.44. The second kappa shape index (κ2) is 2.78. The molecule has 13 heavy (non-hydrogen) atoms. The summed E-state index contributed by atoms with van der Waals surface area (Å²) >= 11 is 0. The molecule has 0 aliphatic carbocycles. The van der Waals surface area contributed by atoms with Gasteiger partial charge in [0.2, 0.25) is 0 Å². The fourth-order valence-electron chi connectivity index (χ4n) is 1.29. The standard InChI is InChI=1S/C10H11N3/c1-10(11)3-5-13-9-7-12-4-2-8(9)6-10/h2-7H,11H2,1H3. The van der Waals surface area contributed by atoms with Crippen LogP contribution in [0.4, 0.5) is 0 Å². The van der Waals surface area contributed by atoms with Gasteiger partial charge in [0.05, 0.1) is 17.1 Å². The van der Waals surface area contributed by atoms with Crippen molar-refractivity contribution < 1.29 is 0 Å². The van der Waals surface area contributed by atoms with Crippen molar-refractivity contribution in [3.63, 3.8) is 0 Å². The number of nitrogens with zero attached hydrogens (tertiary/aromatic N) is 2. The molecular weight excluding hydrogens is 162 g/mol.